The topological polar surface area (TPSA) is 48.0 Å². The van der Waals surface area contributed by atoms with Crippen molar-refractivity contribution in [1.29, 1.82) is 0 Å². The number of halogens is 1. The molecule has 1 amide bonds. The van der Waals surface area contributed by atoms with E-state index in [9.17, 15) is 4.79 Å². The van der Waals surface area contributed by atoms with Crippen LogP contribution in [-0.2, 0) is 9.63 Å². The number of carbonyl (C=O) groups excluding carboxylic acids is 1. The maximum Gasteiger partial charge on any atom is 0.269 e. The SMILES string of the molecule is CON(C)C(=O)/C=C/c1cc(Cl)c2c(c1)OCCO2. The largest absolute Gasteiger partial charge is 0.486 e. The number of benzene rings is 1. The predicted molar refractivity (Wildman–Crippen MR) is 71.3 cm³/mol. The van der Waals surface area contributed by atoms with Crippen molar-refractivity contribution in [2.75, 3.05) is 27.4 Å². The van der Waals surface area contributed by atoms with Gasteiger partial charge in [-0.15, -0.1) is 0 Å². The zero-order valence-corrected chi connectivity index (χ0v) is 11.4. The first-order chi connectivity index (χ1) is 9.11. The molecule has 1 aromatic carbocycles. The van der Waals surface area contributed by atoms with Crippen LogP contribution in [0.4, 0.5) is 0 Å². The van der Waals surface area contributed by atoms with Crippen molar-refractivity contribution in [2.24, 2.45) is 0 Å². The summed E-state index contributed by atoms with van der Waals surface area (Å²) in [4.78, 5) is 16.3. The Morgan fingerprint density at radius 2 is 2.16 bits per heavy atom. The Kier molecular flexibility index (Phi) is 4.29. The van der Waals surface area contributed by atoms with Crippen LogP contribution in [0.15, 0.2) is 18.2 Å². The second-order valence-corrected chi connectivity index (χ2v) is 4.29. The molecule has 0 aliphatic carbocycles. The van der Waals surface area contributed by atoms with Gasteiger partial charge in [-0.25, -0.2) is 5.06 Å². The van der Waals surface area contributed by atoms with E-state index < -0.39 is 0 Å². The highest BCUT2D eigenvalue weighted by Crippen LogP contribution is 2.38. The molecule has 2 rings (SSSR count). The monoisotopic (exact) mass is 283 g/mol. The second kappa shape index (κ2) is 5.95. The van der Waals surface area contributed by atoms with E-state index in [2.05, 4.69) is 0 Å². The minimum absolute atomic E-state index is 0.270. The molecule has 0 saturated heterocycles. The van der Waals surface area contributed by atoms with Crippen molar-refractivity contribution < 1.29 is 19.1 Å². The van der Waals surface area contributed by atoms with Crippen molar-refractivity contribution in [3.8, 4) is 11.5 Å². The van der Waals surface area contributed by atoms with E-state index in [0.29, 0.717) is 29.7 Å². The Bertz CT molecular complexity index is 516. The number of fused-ring (bicyclic) bond motifs is 1. The number of nitrogens with zero attached hydrogens (tertiary/aromatic N) is 1. The Labute approximate surface area is 116 Å². The van der Waals surface area contributed by atoms with E-state index in [0.717, 1.165) is 10.6 Å². The van der Waals surface area contributed by atoms with E-state index in [4.69, 9.17) is 25.9 Å². The van der Waals surface area contributed by atoms with Crippen LogP contribution in [0.3, 0.4) is 0 Å². The minimum Gasteiger partial charge on any atom is -0.486 e. The van der Waals surface area contributed by atoms with Gasteiger partial charge in [-0.2, -0.15) is 0 Å². The van der Waals surface area contributed by atoms with Gasteiger partial charge in [0.15, 0.2) is 11.5 Å². The molecular weight excluding hydrogens is 270 g/mol. The minimum atomic E-state index is -0.270. The fourth-order valence-electron chi connectivity index (χ4n) is 1.59. The predicted octanol–water partition coefficient (Wildman–Crippen LogP) is 2.14. The van der Waals surface area contributed by atoms with E-state index in [1.807, 2.05) is 0 Å². The molecule has 19 heavy (non-hydrogen) atoms. The highest BCUT2D eigenvalue weighted by Gasteiger charge is 2.16. The van der Waals surface area contributed by atoms with Crippen molar-refractivity contribution in [1.82, 2.24) is 5.06 Å². The zero-order chi connectivity index (χ0) is 13.8. The van der Waals surface area contributed by atoms with Gasteiger partial charge in [-0.1, -0.05) is 11.6 Å². The number of carbonyl (C=O) groups is 1. The highest BCUT2D eigenvalue weighted by molar-refractivity contribution is 6.32. The first-order valence-electron chi connectivity index (χ1n) is 5.71. The number of amides is 1. The van der Waals surface area contributed by atoms with Crippen molar-refractivity contribution in [3.63, 3.8) is 0 Å². The molecule has 0 saturated carbocycles. The lowest BCUT2D eigenvalue weighted by Crippen LogP contribution is -2.22. The van der Waals surface area contributed by atoms with Gasteiger partial charge in [-0.05, 0) is 23.8 Å². The van der Waals surface area contributed by atoms with Crippen LogP contribution in [0.1, 0.15) is 5.56 Å². The quantitative estimate of drug-likeness (QED) is 0.630. The van der Waals surface area contributed by atoms with Gasteiger partial charge in [-0.3, -0.25) is 9.63 Å². The standard InChI is InChI=1S/C13H14ClNO4/c1-15(17-2)12(16)4-3-9-7-10(14)13-11(8-9)18-5-6-19-13/h3-4,7-8H,5-6H2,1-2H3/b4-3+. The van der Waals surface area contributed by atoms with Crippen LogP contribution >= 0.6 is 11.6 Å². The fourth-order valence-corrected chi connectivity index (χ4v) is 1.86. The summed E-state index contributed by atoms with van der Waals surface area (Å²) in [6, 6.07) is 3.49. The third-order valence-corrected chi connectivity index (χ3v) is 2.90. The number of ether oxygens (including phenoxy) is 2. The van der Waals surface area contributed by atoms with Crippen LogP contribution in [-0.4, -0.2) is 38.3 Å². The average molecular weight is 284 g/mol. The molecule has 1 aliphatic rings. The molecule has 0 spiro atoms. The molecule has 1 heterocycles. The Morgan fingerprint density at radius 1 is 1.42 bits per heavy atom. The summed E-state index contributed by atoms with van der Waals surface area (Å²) in [5, 5.41) is 1.58. The fraction of sp³-hybridized carbons (Fsp3) is 0.308. The van der Waals surface area contributed by atoms with Crippen LogP contribution in [0.5, 0.6) is 11.5 Å². The van der Waals surface area contributed by atoms with Gasteiger partial charge < -0.3 is 9.47 Å². The van der Waals surface area contributed by atoms with E-state index in [-0.39, 0.29) is 5.91 Å². The number of hydrogen-bond acceptors (Lipinski definition) is 4. The summed E-state index contributed by atoms with van der Waals surface area (Å²) in [7, 11) is 2.95. The molecule has 6 heteroatoms. The van der Waals surface area contributed by atoms with Crippen LogP contribution in [0.2, 0.25) is 5.02 Å². The smallest absolute Gasteiger partial charge is 0.269 e. The van der Waals surface area contributed by atoms with Crippen LogP contribution in [0.25, 0.3) is 6.08 Å². The van der Waals surface area contributed by atoms with Gasteiger partial charge in [0.1, 0.15) is 13.2 Å². The zero-order valence-electron chi connectivity index (χ0n) is 10.7. The summed E-state index contributed by atoms with van der Waals surface area (Å²) in [5.74, 6) is 0.866. The number of rotatable bonds is 3. The molecule has 1 aromatic rings. The first-order valence-corrected chi connectivity index (χ1v) is 6.08. The molecule has 0 aromatic heterocycles. The molecule has 0 unspecified atom stereocenters. The van der Waals surface area contributed by atoms with Gasteiger partial charge in [0.2, 0.25) is 0 Å². The number of likely N-dealkylation sites (N-methyl/N-ethyl adjacent to an activating group) is 1. The lowest BCUT2D eigenvalue weighted by atomic mass is 10.1. The molecule has 0 radical (unpaired) electrons. The first kappa shape index (κ1) is 13.7. The van der Waals surface area contributed by atoms with Crippen LogP contribution < -0.4 is 9.47 Å². The van der Waals surface area contributed by atoms with Crippen molar-refractivity contribution in [2.45, 2.75) is 0 Å². The van der Waals surface area contributed by atoms with Gasteiger partial charge >= 0.3 is 0 Å². The lowest BCUT2D eigenvalue weighted by Gasteiger charge is -2.19. The molecule has 1 aliphatic heterocycles. The van der Waals surface area contributed by atoms with Gasteiger partial charge in [0.05, 0.1) is 12.1 Å². The summed E-state index contributed by atoms with van der Waals surface area (Å²) in [5.41, 5.74) is 0.757. The molecule has 0 fully saturated rings. The third kappa shape index (κ3) is 3.19. The molecule has 0 atom stereocenters. The number of hydroxylamine groups is 2. The summed E-state index contributed by atoms with van der Waals surface area (Å²) in [6.45, 7) is 0.973. The maximum absolute atomic E-state index is 11.5. The maximum atomic E-state index is 11.5. The summed E-state index contributed by atoms with van der Waals surface area (Å²) in [6.07, 6.45) is 3.03. The third-order valence-electron chi connectivity index (χ3n) is 2.62. The normalized spacial score (nSPS) is 13.6. The summed E-state index contributed by atoms with van der Waals surface area (Å²) >= 11 is 6.09. The molecular formula is C13H14ClNO4. The molecule has 0 N–H and O–H groups in total. The molecule has 102 valence electrons. The second-order valence-electron chi connectivity index (χ2n) is 3.88. The summed E-state index contributed by atoms with van der Waals surface area (Å²) < 4.78 is 10.9. The van der Waals surface area contributed by atoms with Gasteiger partial charge in [0.25, 0.3) is 5.91 Å². The molecule has 5 nitrogen and oxygen atoms in total. The van der Waals surface area contributed by atoms with Crippen LogP contribution in [0, 0.1) is 0 Å². The van der Waals surface area contributed by atoms with Crippen molar-refractivity contribution in [3.05, 3.63) is 28.8 Å². The average Bonchev–Trinajstić information content (AvgIpc) is 2.44. The Hall–Kier alpha value is -1.72. The highest BCUT2D eigenvalue weighted by atomic mass is 35.5. The Balaban J connectivity index is 2.20. The molecule has 0 bridgehead atoms. The van der Waals surface area contributed by atoms with Crippen molar-refractivity contribution >= 4 is 23.6 Å². The Morgan fingerprint density at radius 3 is 2.89 bits per heavy atom. The van der Waals surface area contributed by atoms with E-state index >= 15 is 0 Å². The van der Waals surface area contributed by atoms with Gasteiger partial charge in [0, 0.05) is 13.1 Å². The van der Waals surface area contributed by atoms with E-state index in [1.54, 1.807) is 18.2 Å². The van der Waals surface area contributed by atoms with E-state index in [1.165, 1.54) is 20.2 Å². The number of hydrogen-bond donors (Lipinski definition) is 0. The lowest BCUT2D eigenvalue weighted by molar-refractivity contribution is -0.162.